The Morgan fingerprint density at radius 3 is 1.68 bits per heavy atom. The fourth-order valence-electron chi connectivity index (χ4n) is 3.96. The van der Waals surface area contributed by atoms with Gasteiger partial charge in [0.1, 0.15) is 6.67 Å². The summed E-state index contributed by atoms with van der Waals surface area (Å²) in [6.07, 6.45) is -0.418. The van der Waals surface area contributed by atoms with E-state index in [0.717, 1.165) is 4.90 Å². The highest BCUT2D eigenvalue weighted by atomic mass is 19.1. The molecule has 0 fully saturated rings. The molecule has 154 valence electrons. The molecule has 0 aliphatic carbocycles. The first-order valence-corrected chi connectivity index (χ1v) is 9.41. The average Bonchev–Trinajstić information content (AvgIpc) is 3.18. The predicted molar refractivity (Wildman–Crippen MR) is 107 cm³/mol. The molecule has 4 amide bonds. The largest absolute Gasteiger partial charge is 0.270 e. The number of alkyl halides is 1. The molecule has 0 saturated carbocycles. The van der Waals surface area contributed by atoms with Crippen molar-refractivity contribution in [1.29, 1.82) is 5.26 Å². The lowest BCUT2D eigenvalue weighted by Gasteiger charge is -2.33. The van der Waals surface area contributed by atoms with Crippen molar-refractivity contribution >= 4 is 23.6 Å². The minimum absolute atomic E-state index is 0.0894. The molecule has 0 radical (unpaired) electrons. The summed E-state index contributed by atoms with van der Waals surface area (Å²) in [5.41, 5.74) is -1.30. The highest BCUT2D eigenvalue weighted by molar-refractivity contribution is 6.22. The van der Waals surface area contributed by atoms with Gasteiger partial charge in [0.15, 0.2) is 5.54 Å². The molecule has 0 saturated heterocycles. The highest BCUT2D eigenvalue weighted by Gasteiger charge is 2.50. The topological polar surface area (TPSA) is 98.5 Å². The number of benzene rings is 2. The van der Waals surface area contributed by atoms with Crippen molar-refractivity contribution in [2.24, 2.45) is 0 Å². The van der Waals surface area contributed by atoms with Crippen LogP contribution in [-0.4, -0.2) is 52.2 Å². The molecule has 0 bridgehead atoms. The van der Waals surface area contributed by atoms with Gasteiger partial charge in [-0.15, -0.1) is 0 Å². The van der Waals surface area contributed by atoms with Gasteiger partial charge >= 0.3 is 0 Å². The van der Waals surface area contributed by atoms with Crippen LogP contribution >= 0.6 is 0 Å². The molecule has 2 aliphatic rings. The number of hydrogen-bond acceptors (Lipinski definition) is 5. The summed E-state index contributed by atoms with van der Waals surface area (Å²) in [6.45, 7) is 2.20. The third kappa shape index (κ3) is 2.94. The van der Waals surface area contributed by atoms with Crippen LogP contribution in [0.3, 0.4) is 0 Å². The van der Waals surface area contributed by atoms with Crippen molar-refractivity contribution < 1.29 is 23.6 Å². The van der Waals surface area contributed by atoms with Gasteiger partial charge in [-0.3, -0.25) is 29.0 Å². The maximum atomic E-state index is 14.2. The summed E-state index contributed by atoms with van der Waals surface area (Å²) < 4.78 is 14.2. The number of carbonyl (C=O) groups is 4. The number of fused-ring (bicyclic) bond motifs is 2. The van der Waals surface area contributed by atoms with Gasteiger partial charge in [0, 0.05) is 6.42 Å². The van der Waals surface area contributed by atoms with Crippen molar-refractivity contribution in [1.82, 2.24) is 9.80 Å². The van der Waals surface area contributed by atoms with Crippen LogP contribution in [0.25, 0.3) is 0 Å². The summed E-state index contributed by atoms with van der Waals surface area (Å²) >= 11 is 0. The smallest absolute Gasteiger partial charge is 0.263 e. The molecule has 0 N–H and O–H groups in total. The van der Waals surface area contributed by atoms with E-state index < -0.39 is 42.3 Å². The monoisotopic (exact) mass is 417 g/mol. The van der Waals surface area contributed by atoms with Crippen LogP contribution in [0.4, 0.5) is 4.39 Å². The molecular formula is C23H16FN3O4. The van der Waals surface area contributed by atoms with E-state index in [1.165, 1.54) is 24.3 Å². The second-order valence-electron chi connectivity index (χ2n) is 7.44. The molecule has 1 unspecified atom stereocenters. The summed E-state index contributed by atoms with van der Waals surface area (Å²) in [5.74, 6) is -2.59. The van der Waals surface area contributed by atoms with Crippen LogP contribution in [0.2, 0.25) is 0 Å². The van der Waals surface area contributed by atoms with Crippen LogP contribution in [0, 0.1) is 11.3 Å². The molecule has 4 rings (SSSR count). The molecule has 2 aliphatic heterocycles. The standard InChI is InChI=1S/C23H16FN3O4/c1-14(11-26-19(28)15-6-2-3-7-16(15)20(26)29)10-23(12-24,13-25)27-21(30)17-8-4-5-9-18(17)22(27)31/h2-9H,1,10-12H2. The first-order valence-electron chi connectivity index (χ1n) is 9.41. The van der Waals surface area contributed by atoms with Gasteiger partial charge in [0.25, 0.3) is 23.6 Å². The Morgan fingerprint density at radius 2 is 1.29 bits per heavy atom. The van der Waals surface area contributed by atoms with Crippen molar-refractivity contribution in [3.63, 3.8) is 0 Å². The van der Waals surface area contributed by atoms with Crippen molar-refractivity contribution in [3.05, 3.63) is 82.9 Å². The van der Waals surface area contributed by atoms with Gasteiger partial charge in [0.2, 0.25) is 0 Å². The first-order chi connectivity index (χ1) is 14.8. The Morgan fingerprint density at radius 1 is 0.871 bits per heavy atom. The van der Waals surface area contributed by atoms with Gasteiger partial charge in [-0.25, -0.2) is 4.39 Å². The summed E-state index contributed by atoms with van der Waals surface area (Å²) in [5, 5.41) is 9.78. The number of amides is 4. The molecular weight excluding hydrogens is 401 g/mol. The Bertz CT molecular complexity index is 1150. The van der Waals surface area contributed by atoms with Gasteiger partial charge in [-0.2, -0.15) is 5.26 Å². The lowest BCUT2D eigenvalue weighted by Crippen LogP contribution is -2.53. The third-order valence-corrected chi connectivity index (χ3v) is 5.45. The zero-order chi connectivity index (χ0) is 22.3. The molecule has 8 heteroatoms. The Balaban J connectivity index is 1.59. The number of nitriles is 1. The lowest BCUT2D eigenvalue weighted by molar-refractivity contribution is 0.0457. The molecule has 2 heterocycles. The van der Waals surface area contributed by atoms with Crippen LogP contribution in [0.1, 0.15) is 47.9 Å². The number of rotatable bonds is 6. The van der Waals surface area contributed by atoms with Crippen molar-refractivity contribution in [2.75, 3.05) is 13.2 Å². The number of hydrogen-bond donors (Lipinski definition) is 0. The second-order valence-corrected chi connectivity index (χ2v) is 7.44. The van der Waals surface area contributed by atoms with Crippen LogP contribution < -0.4 is 0 Å². The molecule has 7 nitrogen and oxygen atoms in total. The Labute approximate surface area is 177 Å². The Kier molecular flexibility index (Phi) is 4.74. The van der Waals surface area contributed by atoms with E-state index >= 15 is 0 Å². The number of carbonyl (C=O) groups excluding carboxylic acids is 4. The van der Waals surface area contributed by atoms with Crippen LogP contribution in [-0.2, 0) is 0 Å². The fourth-order valence-corrected chi connectivity index (χ4v) is 3.96. The summed E-state index contributed by atoms with van der Waals surface area (Å²) in [6, 6.07) is 14.1. The Hall–Kier alpha value is -4.12. The molecule has 0 aromatic heterocycles. The van der Waals surface area contributed by atoms with E-state index in [1.54, 1.807) is 30.3 Å². The van der Waals surface area contributed by atoms with Gasteiger partial charge in [0.05, 0.1) is 34.9 Å². The van der Waals surface area contributed by atoms with E-state index in [4.69, 9.17) is 0 Å². The van der Waals surface area contributed by atoms with Crippen LogP contribution in [0.5, 0.6) is 0 Å². The lowest BCUT2D eigenvalue weighted by atomic mass is 9.91. The third-order valence-electron chi connectivity index (χ3n) is 5.45. The maximum absolute atomic E-state index is 14.2. The van der Waals surface area contributed by atoms with E-state index in [2.05, 4.69) is 6.58 Å². The van der Waals surface area contributed by atoms with Gasteiger partial charge in [-0.05, 0) is 24.3 Å². The predicted octanol–water partition coefficient (Wildman–Crippen LogP) is 2.76. The molecule has 0 spiro atoms. The maximum Gasteiger partial charge on any atom is 0.263 e. The van der Waals surface area contributed by atoms with Crippen molar-refractivity contribution in [2.45, 2.75) is 12.0 Å². The fraction of sp³-hybridized carbons (Fsp3) is 0.174. The van der Waals surface area contributed by atoms with Gasteiger partial charge in [-0.1, -0.05) is 36.4 Å². The quantitative estimate of drug-likeness (QED) is 0.532. The van der Waals surface area contributed by atoms with E-state index in [1.807, 2.05) is 0 Å². The SMILES string of the molecule is C=C(CN1C(=O)c2ccccc2C1=O)CC(C#N)(CF)N1C(=O)c2ccccc2C1=O. The molecule has 2 aromatic rings. The molecule has 31 heavy (non-hydrogen) atoms. The average molecular weight is 417 g/mol. The van der Waals surface area contributed by atoms with E-state index in [9.17, 15) is 28.8 Å². The minimum Gasteiger partial charge on any atom is -0.270 e. The highest BCUT2D eigenvalue weighted by Crippen LogP contribution is 2.34. The first kappa shape index (κ1) is 20.2. The van der Waals surface area contributed by atoms with Crippen LogP contribution in [0.15, 0.2) is 60.7 Å². The van der Waals surface area contributed by atoms with Crippen molar-refractivity contribution in [3.8, 4) is 6.07 Å². The number of halogens is 1. The van der Waals surface area contributed by atoms with E-state index in [-0.39, 0.29) is 34.4 Å². The number of imide groups is 2. The van der Waals surface area contributed by atoms with E-state index in [0.29, 0.717) is 4.90 Å². The zero-order valence-electron chi connectivity index (χ0n) is 16.3. The summed E-state index contributed by atoms with van der Waals surface area (Å²) in [7, 11) is 0. The normalized spacial score (nSPS) is 16.8. The number of nitrogens with zero attached hydrogens (tertiary/aromatic N) is 3. The second kappa shape index (κ2) is 7.29. The zero-order valence-corrected chi connectivity index (χ0v) is 16.3. The summed E-state index contributed by atoms with van der Waals surface area (Å²) in [4.78, 5) is 52.3. The van der Waals surface area contributed by atoms with Gasteiger partial charge < -0.3 is 0 Å². The molecule has 2 aromatic carbocycles. The minimum atomic E-state index is -2.14. The molecule has 1 atom stereocenters.